The zero-order chi connectivity index (χ0) is 5.98. The normalized spacial score (nSPS) is 7.20. The predicted molar refractivity (Wildman–Crippen MR) is 42.2 cm³/mol. The number of aromatic carboxylic acids is 1. The molecule has 1 rings (SSSR count). The van der Waals surface area contributed by atoms with E-state index in [0.29, 0.717) is 0 Å². The van der Waals surface area contributed by atoms with Gasteiger partial charge in [0, 0.05) is 6.20 Å². The van der Waals surface area contributed by atoms with Crippen LogP contribution < -0.4 is 0 Å². The number of carboxylic acids is 1. The molecule has 0 atom stereocenters. The molecule has 0 saturated carbocycles. The Morgan fingerprint density at radius 3 is 2.30 bits per heavy atom. The van der Waals surface area contributed by atoms with Crippen LogP contribution in [-0.4, -0.2) is 16.1 Å². The largest absolute Gasteiger partial charge is 0.477 e. The first-order chi connectivity index (χ1) is 3.80. The van der Waals surface area contributed by atoms with Crippen LogP contribution in [-0.2, 0) is 0 Å². The van der Waals surface area contributed by atoms with Crippen LogP contribution >= 0.6 is 24.8 Å². The fourth-order valence-corrected chi connectivity index (χ4v) is 0.463. The summed E-state index contributed by atoms with van der Waals surface area (Å²) in [6.45, 7) is 0. The average molecular weight is 184 g/mol. The molecule has 3 nitrogen and oxygen atoms in total. The molecule has 0 aromatic carbocycles. The van der Waals surface area contributed by atoms with Gasteiger partial charge in [0.1, 0.15) is 5.69 Å². The number of carbonyl (C=O) groups is 1. The summed E-state index contributed by atoms with van der Waals surface area (Å²) < 4.78 is 0. The van der Waals surface area contributed by atoms with Gasteiger partial charge in [-0.3, -0.25) is 0 Å². The monoisotopic (exact) mass is 183 g/mol. The van der Waals surface area contributed by atoms with E-state index in [2.05, 4.69) is 4.98 Å². The zero-order valence-electron chi connectivity index (χ0n) is 4.90. The maximum Gasteiger partial charge on any atom is 0.352 e. The van der Waals surface area contributed by atoms with Crippen LogP contribution in [0, 0.1) is 0 Å². The van der Waals surface area contributed by atoms with E-state index in [-0.39, 0.29) is 30.5 Å². The highest BCUT2D eigenvalue weighted by molar-refractivity contribution is 5.86. The van der Waals surface area contributed by atoms with Gasteiger partial charge >= 0.3 is 5.97 Å². The van der Waals surface area contributed by atoms with Gasteiger partial charge in [-0.1, -0.05) is 0 Å². The molecule has 1 aromatic rings. The summed E-state index contributed by atoms with van der Waals surface area (Å²) in [6, 6.07) is 3.14. The Hall–Kier alpha value is -0.670. The maximum atomic E-state index is 10.0. The molecule has 0 bridgehead atoms. The first-order valence-electron chi connectivity index (χ1n) is 2.17. The van der Waals surface area contributed by atoms with Gasteiger partial charge in [-0.2, -0.15) is 0 Å². The minimum atomic E-state index is -0.921. The lowest BCUT2D eigenvalue weighted by molar-refractivity contribution is 0.0691. The van der Waals surface area contributed by atoms with E-state index in [0.717, 1.165) is 0 Å². The third-order valence-corrected chi connectivity index (χ3v) is 0.828. The van der Waals surface area contributed by atoms with Gasteiger partial charge in [-0.05, 0) is 12.1 Å². The molecule has 0 aliphatic rings. The molecule has 0 radical (unpaired) electrons. The second-order valence-corrected chi connectivity index (χ2v) is 1.39. The quantitative estimate of drug-likeness (QED) is 0.695. The van der Waals surface area contributed by atoms with E-state index in [9.17, 15) is 4.79 Å². The van der Waals surface area contributed by atoms with Gasteiger partial charge in [-0.15, -0.1) is 24.8 Å². The second kappa shape index (κ2) is 5.14. The molecule has 0 spiro atoms. The van der Waals surface area contributed by atoms with Crippen molar-refractivity contribution in [1.82, 2.24) is 4.98 Å². The maximum absolute atomic E-state index is 10.0. The van der Waals surface area contributed by atoms with Gasteiger partial charge in [0.15, 0.2) is 0 Å². The van der Waals surface area contributed by atoms with Crippen LogP contribution in [0.2, 0.25) is 0 Å². The number of halogens is 2. The minimum absolute atomic E-state index is 0. The molecule has 0 aliphatic carbocycles. The van der Waals surface area contributed by atoms with E-state index in [1.165, 1.54) is 6.07 Å². The Bertz CT molecular complexity index is 186. The Morgan fingerprint density at radius 2 is 2.10 bits per heavy atom. The molecule has 58 valence electrons. The van der Waals surface area contributed by atoms with Crippen LogP contribution in [0.25, 0.3) is 0 Å². The number of rotatable bonds is 1. The van der Waals surface area contributed by atoms with Crippen molar-refractivity contribution in [2.75, 3.05) is 0 Å². The van der Waals surface area contributed by atoms with Gasteiger partial charge in [0.25, 0.3) is 0 Å². The summed E-state index contributed by atoms with van der Waals surface area (Å²) in [5.41, 5.74) is 0.227. The molecule has 0 saturated heterocycles. The molecular formula is C5H7Cl2NO2. The Kier molecular flexibility index (Phi) is 6.20. The molecule has 0 aliphatic heterocycles. The fourth-order valence-electron chi connectivity index (χ4n) is 0.463. The summed E-state index contributed by atoms with van der Waals surface area (Å²) in [6.07, 6.45) is 1.57. The van der Waals surface area contributed by atoms with Gasteiger partial charge < -0.3 is 10.1 Å². The first-order valence-corrected chi connectivity index (χ1v) is 2.17. The number of H-pyrrole nitrogens is 1. The third-order valence-electron chi connectivity index (χ3n) is 0.828. The second-order valence-electron chi connectivity index (χ2n) is 1.39. The van der Waals surface area contributed by atoms with Crippen molar-refractivity contribution in [2.45, 2.75) is 0 Å². The van der Waals surface area contributed by atoms with E-state index in [4.69, 9.17) is 5.11 Å². The van der Waals surface area contributed by atoms with Crippen molar-refractivity contribution < 1.29 is 9.90 Å². The number of hydrogen-bond donors (Lipinski definition) is 2. The van der Waals surface area contributed by atoms with Crippen LogP contribution in [0.3, 0.4) is 0 Å². The van der Waals surface area contributed by atoms with Crippen molar-refractivity contribution in [3.8, 4) is 0 Å². The molecule has 5 heteroatoms. The molecule has 0 fully saturated rings. The summed E-state index contributed by atoms with van der Waals surface area (Å²) in [4.78, 5) is 12.6. The molecule has 10 heavy (non-hydrogen) atoms. The number of aromatic amines is 1. The average Bonchev–Trinajstić information content (AvgIpc) is 2.12. The highest BCUT2D eigenvalue weighted by Crippen LogP contribution is 1.91. The molecule has 0 amide bonds. The molecule has 0 unspecified atom stereocenters. The number of carboxylic acid groups (broad SMARTS) is 1. The van der Waals surface area contributed by atoms with E-state index in [1.54, 1.807) is 12.3 Å². The summed E-state index contributed by atoms with van der Waals surface area (Å²) in [5, 5.41) is 8.24. The zero-order valence-corrected chi connectivity index (χ0v) is 6.54. The van der Waals surface area contributed by atoms with Crippen LogP contribution in [0.4, 0.5) is 0 Å². The van der Waals surface area contributed by atoms with E-state index in [1.807, 2.05) is 0 Å². The van der Waals surface area contributed by atoms with Crippen molar-refractivity contribution in [2.24, 2.45) is 0 Å². The Balaban J connectivity index is 0. The lowest BCUT2D eigenvalue weighted by atomic mass is 10.4. The van der Waals surface area contributed by atoms with Crippen LogP contribution in [0.5, 0.6) is 0 Å². The summed E-state index contributed by atoms with van der Waals surface area (Å²) >= 11 is 0. The van der Waals surface area contributed by atoms with Crippen molar-refractivity contribution in [3.63, 3.8) is 0 Å². The topological polar surface area (TPSA) is 53.1 Å². The van der Waals surface area contributed by atoms with Crippen molar-refractivity contribution in [1.29, 1.82) is 0 Å². The van der Waals surface area contributed by atoms with Crippen LogP contribution in [0.1, 0.15) is 10.5 Å². The van der Waals surface area contributed by atoms with Crippen LogP contribution in [0.15, 0.2) is 18.3 Å². The number of aromatic nitrogens is 1. The Morgan fingerprint density at radius 1 is 1.50 bits per heavy atom. The fraction of sp³-hybridized carbons (Fsp3) is 0. The van der Waals surface area contributed by atoms with Crippen molar-refractivity contribution in [3.05, 3.63) is 24.0 Å². The van der Waals surface area contributed by atoms with Crippen molar-refractivity contribution >= 4 is 30.8 Å². The highest BCUT2D eigenvalue weighted by atomic mass is 35.5. The lowest BCUT2D eigenvalue weighted by Gasteiger charge is -1.80. The SMILES string of the molecule is Cl.Cl.O=C(O)c1ccc[nH]1. The smallest absolute Gasteiger partial charge is 0.352 e. The highest BCUT2D eigenvalue weighted by Gasteiger charge is 1.98. The molecule has 2 N–H and O–H groups in total. The minimum Gasteiger partial charge on any atom is -0.477 e. The lowest BCUT2D eigenvalue weighted by Crippen LogP contribution is -1.94. The van der Waals surface area contributed by atoms with E-state index < -0.39 is 5.97 Å². The summed E-state index contributed by atoms with van der Waals surface area (Å²) in [7, 11) is 0. The van der Waals surface area contributed by atoms with Gasteiger partial charge in [-0.25, -0.2) is 4.79 Å². The van der Waals surface area contributed by atoms with E-state index >= 15 is 0 Å². The Labute approximate surface area is 70.3 Å². The van der Waals surface area contributed by atoms with Gasteiger partial charge in [0.2, 0.25) is 0 Å². The predicted octanol–water partition coefficient (Wildman–Crippen LogP) is 1.56. The molecule has 1 aromatic heterocycles. The first kappa shape index (κ1) is 12.0. The summed E-state index contributed by atoms with van der Waals surface area (Å²) in [5.74, 6) is -0.921. The number of hydrogen-bond acceptors (Lipinski definition) is 1. The van der Waals surface area contributed by atoms with Gasteiger partial charge in [0.05, 0.1) is 0 Å². The third kappa shape index (κ3) is 2.75. The number of nitrogens with one attached hydrogen (secondary N) is 1. The molecule has 1 heterocycles. The molecular weight excluding hydrogens is 177 g/mol. The standard InChI is InChI=1S/C5H5NO2.2ClH/c7-5(8)4-2-1-3-6-4;;/h1-3,6H,(H,7,8);2*1H.